The second kappa shape index (κ2) is 7.26. The molecule has 0 spiro atoms. The molecule has 152 valence electrons. The number of pyridine rings is 2. The first-order valence-corrected chi connectivity index (χ1v) is 9.70. The summed E-state index contributed by atoms with van der Waals surface area (Å²) < 4.78 is 3.07. The van der Waals surface area contributed by atoms with Crippen molar-refractivity contribution in [2.24, 2.45) is 0 Å². The first kappa shape index (κ1) is 19.6. The molecule has 0 fully saturated rings. The Hall–Kier alpha value is -3.74. The van der Waals surface area contributed by atoms with E-state index in [1.54, 1.807) is 22.9 Å². The summed E-state index contributed by atoms with van der Waals surface area (Å²) in [6.07, 6.45) is 1.65. The van der Waals surface area contributed by atoms with Gasteiger partial charge >= 0.3 is 0 Å². The van der Waals surface area contributed by atoms with Gasteiger partial charge in [-0.1, -0.05) is 36.4 Å². The molecule has 7 nitrogen and oxygen atoms in total. The van der Waals surface area contributed by atoms with E-state index >= 15 is 0 Å². The Labute approximate surface area is 173 Å². The lowest BCUT2D eigenvalue weighted by atomic mass is 10.1. The largest absolute Gasteiger partial charge is 0.347 e. The summed E-state index contributed by atoms with van der Waals surface area (Å²) in [7, 11) is 0. The van der Waals surface area contributed by atoms with E-state index in [0.717, 1.165) is 5.56 Å². The SMILES string of the molecule is CC(C)(C)NC(=O)c1cc2c(=O)n3ccccc3nc2n(Cc2ccccc2)c1=N. The van der Waals surface area contributed by atoms with Gasteiger partial charge in [-0.15, -0.1) is 0 Å². The number of carbonyl (C=O) groups excluding carboxylic acids is 1. The molecule has 4 aromatic rings. The number of carbonyl (C=O) groups is 1. The van der Waals surface area contributed by atoms with E-state index in [1.807, 2.05) is 57.2 Å². The van der Waals surface area contributed by atoms with E-state index in [9.17, 15) is 9.59 Å². The smallest absolute Gasteiger partial charge is 0.267 e. The third-order valence-electron chi connectivity index (χ3n) is 4.73. The van der Waals surface area contributed by atoms with Crippen LogP contribution in [0.25, 0.3) is 16.7 Å². The number of rotatable bonds is 3. The summed E-state index contributed by atoms with van der Waals surface area (Å²) >= 11 is 0. The number of hydrogen-bond donors (Lipinski definition) is 2. The van der Waals surface area contributed by atoms with Crippen LogP contribution in [-0.4, -0.2) is 25.4 Å². The third-order valence-corrected chi connectivity index (χ3v) is 4.73. The van der Waals surface area contributed by atoms with Crippen LogP contribution in [0.1, 0.15) is 36.7 Å². The Bertz CT molecular complexity index is 1380. The van der Waals surface area contributed by atoms with Crippen LogP contribution in [0.4, 0.5) is 0 Å². The van der Waals surface area contributed by atoms with Crippen LogP contribution >= 0.6 is 0 Å². The number of aromatic nitrogens is 3. The van der Waals surface area contributed by atoms with Crippen molar-refractivity contribution in [2.75, 3.05) is 0 Å². The van der Waals surface area contributed by atoms with Gasteiger partial charge in [-0.3, -0.25) is 19.4 Å². The fraction of sp³-hybridized carbons (Fsp3) is 0.217. The molecule has 0 aliphatic rings. The zero-order valence-corrected chi connectivity index (χ0v) is 17.1. The van der Waals surface area contributed by atoms with Crippen molar-refractivity contribution in [3.8, 4) is 0 Å². The Morgan fingerprint density at radius 1 is 1.10 bits per heavy atom. The van der Waals surface area contributed by atoms with E-state index in [2.05, 4.69) is 10.3 Å². The van der Waals surface area contributed by atoms with Crippen molar-refractivity contribution >= 4 is 22.6 Å². The lowest BCUT2D eigenvalue weighted by molar-refractivity contribution is 0.0917. The van der Waals surface area contributed by atoms with Gasteiger partial charge in [-0.05, 0) is 44.5 Å². The molecule has 0 unspecified atom stereocenters. The fourth-order valence-corrected chi connectivity index (χ4v) is 3.39. The van der Waals surface area contributed by atoms with Crippen LogP contribution in [0, 0.1) is 5.41 Å². The molecule has 7 heteroatoms. The van der Waals surface area contributed by atoms with Crippen molar-refractivity contribution in [3.05, 3.63) is 87.8 Å². The molecule has 0 bridgehead atoms. The second-order valence-corrected chi connectivity index (χ2v) is 8.27. The highest BCUT2D eigenvalue weighted by atomic mass is 16.2. The average molecular weight is 401 g/mol. The van der Waals surface area contributed by atoms with Crippen molar-refractivity contribution in [2.45, 2.75) is 32.9 Å². The number of nitrogens with zero attached hydrogens (tertiary/aromatic N) is 3. The predicted molar refractivity (Wildman–Crippen MR) is 116 cm³/mol. The predicted octanol–water partition coefficient (Wildman–Crippen LogP) is 2.71. The van der Waals surface area contributed by atoms with Crippen LogP contribution in [0.5, 0.6) is 0 Å². The third kappa shape index (κ3) is 3.61. The molecule has 0 atom stereocenters. The maximum atomic E-state index is 13.2. The average Bonchev–Trinajstić information content (AvgIpc) is 2.70. The van der Waals surface area contributed by atoms with Crippen LogP contribution in [-0.2, 0) is 6.54 Å². The minimum atomic E-state index is -0.473. The van der Waals surface area contributed by atoms with Gasteiger partial charge in [-0.25, -0.2) is 4.98 Å². The normalized spacial score (nSPS) is 11.7. The molecule has 30 heavy (non-hydrogen) atoms. The molecule has 3 heterocycles. The Balaban J connectivity index is 2.04. The van der Waals surface area contributed by atoms with Gasteiger partial charge in [-0.2, -0.15) is 0 Å². The molecule has 0 radical (unpaired) electrons. The Morgan fingerprint density at radius 2 is 1.80 bits per heavy atom. The number of benzene rings is 1. The van der Waals surface area contributed by atoms with Crippen LogP contribution in [0.3, 0.4) is 0 Å². The van der Waals surface area contributed by atoms with Crippen LogP contribution < -0.4 is 16.4 Å². The van der Waals surface area contributed by atoms with Gasteiger partial charge in [0.15, 0.2) is 0 Å². The molecule has 0 saturated heterocycles. The molecule has 0 aliphatic heterocycles. The molecule has 1 aromatic carbocycles. The fourth-order valence-electron chi connectivity index (χ4n) is 3.39. The zero-order chi connectivity index (χ0) is 21.5. The van der Waals surface area contributed by atoms with E-state index in [0.29, 0.717) is 23.2 Å². The molecule has 3 aromatic heterocycles. The van der Waals surface area contributed by atoms with E-state index in [4.69, 9.17) is 5.41 Å². The molecule has 2 N–H and O–H groups in total. The summed E-state index contributed by atoms with van der Waals surface area (Å²) in [5.74, 6) is -0.395. The lowest BCUT2D eigenvalue weighted by Gasteiger charge is -2.21. The first-order valence-electron chi connectivity index (χ1n) is 9.70. The minimum Gasteiger partial charge on any atom is -0.347 e. The summed E-state index contributed by atoms with van der Waals surface area (Å²) in [4.78, 5) is 30.8. The lowest BCUT2D eigenvalue weighted by Crippen LogP contribution is -2.43. The molecule has 4 rings (SSSR count). The van der Waals surface area contributed by atoms with Gasteiger partial charge in [0.2, 0.25) is 0 Å². The van der Waals surface area contributed by atoms with Gasteiger partial charge in [0.1, 0.15) is 16.8 Å². The number of amides is 1. The monoisotopic (exact) mass is 401 g/mol. The molecule has 0 saturated carbocycles. The van der Waals surface area contributed by atoms with Crippen molar-refractivity contribution in [1.29, 1.82) is 5.41 Å². The highest BCUT2D eigenvalue weighted by Gasteiger charge is 2.21. The maximum absolute atomic E-state index is 13.2. The van der Waals surface area contributed by atoms with Crippen LogP contribution in [0.15, 0.2) is 65.6 Å². The highest BCUT2D eigenvalue weighted by molar-refractivity contribution is 5.97. The second-order valence-electron chi connectivity index (χ2n) is 8.27. The standard InChI is InChI=1S/C23H23N5O2/c1-23(2,3)26-21(29)16-13-17-20(25-18-11-7-8-12-27(18)22(17)30)28(19(16)24)14-15-9-5-4-6-10-15/h4-13,24H,14H2,1-3H3,(H,26,29). The Morgan fingerprint density at radius 3 is 2.50 bits per heavy atom. The zero-order valence-electron chi connectivity index (χ0n) is 17.1. The molecule has 0 aliphatic carbocycles. The van der Waals surface area contributed by atoms with E-state index in [1.165, 1.54) is 10.5 Å². The summed E-state index contributed by atoms with van der Waals surface area (Å²) in [6, 6.07) is 16.4. The number of hydrogen-bond acceptors (Lipinski definition) is 4. The minimum absolute atomic E-state index is 0.0142. The summed E-state index contributed by atoms with van der Waals surface area (Å²) in [6.45, 7) is 5.94. The van der Waals surface area contributed by atoms with Gasteiger partial charge in [0.25, 0.3) is 11.5 Å². The summed E-state index contributed by atoms with van der Waals surface area (Å²) in [5.41, 5.74) is 1.22. The van der Waals surface area contributed by atoms with E-state index in [-0.39, 0.29) is 16.6 Å². The Kier molecular flexibility index (Phi) is 4.73. The topological polar surface area (TPSA) is 92.2 Å². The van der Waals surface area contributed by atoms with Crippen molar-refractivity contribution in [1.82, 2.24) is 19.3 Å². The molecule has 1 amide bonds. The number of nitrogens with one attached hydrogen (secondary N) is 2. The number of fused-ring (bicyclic) bond motifs is 2. The molecular formula is C23H23N5O2. The van der Waals surface area contributed by atoms with Crippen molar-refractivity contribution < 1.29 is 4.79 Å². The van der Waals surface area contributed by atoms with Gasteiger partial charge in [0.05, 0.1) is 17.5 Å². The quantitative estimate of drug-likeness (QED) is 0.517. The molecular weight excluding hydrogens is 378 g/mol. The van der Waals surface area contributed by atoms with Crippen LogP contribution in [0.2, 0.25) is 0 Å². The van der Waals surface area contributed by atoms with Gasteiger partial charge in [0, 0.05) is 11.7 Å². The highest BCUT2D eigenvalue weighted by Crippen LogP contribution is 2.13. The maximum Gasteiger partial charge on any atom is 0.267 e. The summed E-state index contributed by atoms with van der Waals surface area (Å²) in [5, 5.41) is 11.9. The van der Waals surface area contributed by atoms with Crippen molar-refractivity contribution in [3.63, 3.8) is 0 Å². The van der Waals surface area contributed by atoms with Gasteiger partial charge < -0.3 is 9.88 Å². The van der Waals surface area contributed by atoms with E-state index < -0.39 is 11.4 Å². The first-order chi connectivity index (χ1) is 14.2.